The summed E-state index contributed by atoms with van der Waals surface area (Å²) in [5.41, 5.74) is 0.0860. The Morgan fingerprint density at radius 2 is 2.38 bits per heavy atom. The number of hydrogen-bond acceptors (Lipinski definition) is 5. The summed E-state index contributed by atoms with van der Waals surface area (Å²) in [7, 11) is 1.19. The van der Waals surface area contributed by atoms with Crippen molar-refractivity contribution >= 4 is 11.8 Å². The molecule has 0 saturated heterocycles. The summed E-state index contributed by atoms with van der Waals surface area (Å²) in [5.74, 6) is -1.10. The van der Waals surface area contributed by atoms with Gasteiger partial charge in [0.15, 0.2) is 5.78 Å². The predicted octanol–water partition coefficient (Wildman–Crippen LogP) is -0.139. The van der Waals surface area contributed by atoms with Crippen LogP contribution in [-0.4, -0.2) is 33.9 Å². The molecule has 1 heterocycles. The lowest BCUT2D eigenvalue weighted by atomic mass is 10.2. The molecule has 1 rings (SSSR count). The first-order valence-electron chi connectivity index (χ1n) is 3.47. The van der Waals surface area contributed by atoms with E-state index < -0.39 is 11.8 Å². The van der Waals surface area contributed by atoms with Gasteiger partial charge in [0.25, 0.3) is 6.01 Å². The van der Waals surface area contributed by atoms with Gasteiger partial charge in [0.05, 0.1) is 13.3 Å². The molecular weight excluding hydrogens is 176 g/mol. The van der Waals surface area contributed by atoms with Gasteiger partial charge >= 0.3 is 5.97 Å². The number of imidazole rings is 1. The van der Waals surface area contributed by atoms with Crippen LogP contribution in [0.5, 0.6) is 6.01 Å². The molecule has 0 aliphatic rings. The highest BCUT2D eigenvalue weighted by molar-refractivity contribution is 6.04. The van der Waals surface area contributed by atoms with Crippen molar-refractivity contribution in [2.24, 2.45) is 0 Å². The fraction of sp³-hybridized carbons (Fsp3) is 0.286. The van der Waals surface area contributed by atoms with E-state index in [0.717, 1.165) is 6.20 Å². The van der Waals surface area contributed by atoms with Crippen LogP contribution in [0.2, 0.25) is 0 Å². The maximum absolute atomic E-state index is 11.1. The van der Waals surface area contributed by atoms with Gasteiger partial charge in [-0.05, 0) is 0 Å². The van der Waals surface area contributed by atoms with Crippen LogP contribution in [-0.2, 0) is 9.53 Å². The standard InChI is InChI=1S/C7H8N2O4/c1-13-6(11)2-5(10)4-3-8-7(12)9-4/h3H,2H2,1H3,(H2,8,9,12). The molecule has 13 heavy (non-hydrogen) atoms. The molecule has 6 nitrogen and oxygen atoms in total. The van der Waals surface area contributed by atoms with E-state index in [9.17, 15) is 9.59 Å². The van der Waals surface area contributed by atoms with Crippen LogP contribution >= 0.6 is 0 Å². The van der Waals surface area contributed by atoms with Crippen LogP contribution in [0.15, 0.2) is 6.20 Å². The third kappa shape index (κ3) is 2.29. The lowest BCUT2D eigenvalue weighted by Gasteiger charge is -1.95. The fourth-order valence-corrected chi connectivity index (χ4v) is 0.751. The van der Waals surface area contributed by atoms with Gasteiger partial charge in [-0.2, -0.15) is 0 Å². The number of nitrogens with zero attached hydrogens (tertiary/aromatic N) is 1. The lowest BCUT2D eigenvalue weighted by molar-refractivity contribution is -0.139. The molecule has 0 atom stereocenters. The quantitative estimate of drug-likeness (QED) is 0.387. The normalized spacial score (nSPS) is 9.62. The largest absolute Gasteiger partial charge is 0.480 e. The molecule has 2 N–H and O–H groups in total. The van der Waals surface area contributed by atoms with Crippen LogP contribution in [0.3, 0.4) is 0 Å². The molecule has 0 fully saturated rings. The van der Waals surface area contributed by atoms with Gasteiger partial charge in [0.1, 0.15) is 12.1 Å². The SMILES string of the molecule is COC(=O)CC(=O)c1cnc(O)[nH]1. The van der Waals surface area contributed by atoms with Gasteiger partial charge in [-0.3, -0.25) is 9.59 Å². The summed E-state index contributed by atoms with van der Waals surface area (Å²) in [6.07, 6.45) is 0.790. The van der Waals surface area contributed by atoms with Gasteiger partial charge in [-0.1, -0.05) is 0 Å². The molecule has 0 aromatic carbocycles. The summed E-state index contributed by atoms with van der Waals surface area (Å²) in [6, 6.07) is -0.354. The molecule has 0 saturated carbocycles. The maximum atomic E-state index is 11.1. The number of esters is 1. The monoisotopic (exact) mass is 184 g/mol. The molecule has 0 aliphatic heterocycles. The second kappa shape index (κ2) is 3.70. The molecule has 1 aromatic heterocycles. The molecule has 70 valence electrons. The zero-order valence-electron chi connectivity index (χ0n) is 6.90. The van der Waals surface area contributed by atoms with Gasteiger partial charge in [-0.15, -0.1) is 0 Å². The van der Waals surface area contributed by atoms with Crippen LogP contribution in [0.25, 0.3) is 0 Å². The number of methoxy groups -OCH3 is 1. The number of carbonyl (C=O) groups is 2. The summed E-state index contributed by atoms with van der Waals surface area (Å²) >= 11 is 0. The van der Waals surface area contributed by atoms with Gasteiger partial charge in [-0.25, -0.2) is 4.98 Å². The highest BCUT2D eigenvalue weighted by atomic mass is 16.5. The summed E-state index contributed by atoms with van der Waals surface area (Å²) < 4.78 is 4.29. The Bertz CT molecular complexity index is 331. The van der Waals surface area contributed by atoms with Crippen molar-refractivity contribution in [1.82, 2.24) is 9.97 Å². The van der Waals surface area contributed by atoms with Crippen molar-refractivity contribution in [3.05, 3.63) is 11.9 Å². The fourth-order valence-electron chi connectivity index (χ4n) is 0.751. The number of rotatable bonds is 3. The minimum Gasteiger partial charge on any atom is -0.480 e. The predicted molar refractivity (Wildman–Crippen MR) is 41.2 cm³/mol. The van der Waals surface area contributed by atoms with E-state index in [1.54, 1.807) is 0 Å². The minimum atomic E-state index is -0.626. The molecular formula is C7H8N2O4. The minimum absolute atomic E-state index is 0.0860. The van der Waals surface area contributed by atoms with Crippen LogP contribution in [0.1, 0.15) is 16.9 Å². The molecule has 0 aliphatic carbocycles. The average Bonchev–Trinajstić information content (AvgIpc) is 2.51. The molecule has 0 bridgehead atoms. The average molecular weight is 184 g/mol. The van der Waals surface area contributed by atoms with Crippen molar-refractivity contribution in [3.8, 4) is 6.01 Å². The molecule has 0 amide bonds. The van der Waals surface area contributed by atoms with Crippen molar-refractivity contribution in [2.45, 2.75) is 6.42 Å². The van der Waals surface area contributed by atoms with Gasteiger partial charge in [0, 0.05) is 0 Å². The van der Waals surface area contributed by atoms with E-state index in [1.165, 1.54) is 7.11 Å². The molecule has 0 spiro atoms. The van der Waals surface area contributed by atoms with Crippen LogP contribution < -0.4 is 0 Å². The number of aromatic nitrogens is 2. The number of aromatic hydroxyl groups is 1. The number of ether oxygens (including phenoxy) is 1. The highest BCUT2D eigenvalue weighted by Gasteiger charge is 2.13. The lowest BCUT2D eigenvalue weighted by Crippen LogP contribution is -2.09. The Hall–Kier alpha value is -1.85. The maximum Gasteiger partial charge on any atom is 0.313 e. The topological polar surface area (TPSA) is 92.3 Å². The van der Waals surface area contributed by atoms with E-state index in [1.807, 2.05) is 0 Å². The number of ketones is 1. The molecule has 0 unspecified atom stereocenters. The van der Waals surface area contributed by atoms with Crippen molar-refractivity contribution < 1.29 is 19.4 Å². The van der Waals surface area contributed by atoms with Gasteiger partial charge < -0.3 is 14.8 Å². The summed E-state index contributed by atoms with van der Waals surface area (Å²) in [4.78, 5) is 27.5. The third-order valence-electron chi connectivity index (χ3n) is 1.40. The van der Waals surface area contributed by atoms with Crippen molar-refractivity contribution in [3.63, 3.8) is 0 Å². The second-order valence-electron chi connectivity index (χ2n) is 2.30. The zero-order chi connectivity index (χ0) is 9.84. The number of carbonyl (C=O) groups excluding carboxylic acids is 2. The number of nitrogens with one attached hydrogen (secondary N) is 1. The van der Waals surface area contributed by atoms with E-state index in [4.69, 9.17) is 5.11 Å². The first-order valence-corrected chi connectivity index (χ1v) is 3.47. The number of aromatic amines is 1. The van der Waals surface area contributed by atoms with Gasteiger partial charge in [0.2, 0.25) is 0 Å². The first kappa shape index (κ1) is 9.24. The molecule has 6 heteroatoms. The Labute approximate surface area is 73.6 Å². The van der Waals surface area contributed by atoms with E-state index in [0.29, 0.717) is 0 Å². The number of H-pyrrole nitrogens is 1. The van der Waals surface area contributed by atoms with E-state index in [2.05, 4.69) is 14.7 Å². The zero-order valence-corrected chi connectivity index (χ0v) is 6.90. The Kier molecular flexibility index (Phi) is 2.63. The Morgan fingerprint density at radius 1 is 1.69 bits per heavy atom. The Morgan fingerprint density at radius 3 is 2.85 bits per heavy atom. The van der Waals surface area contributed by atoms with E-state index in [-0.39, 0.29) is 18.1 Å². The summed E-state index contributed by atoms with van der Waals surface area (Å²) in [6.45, 7) is 0. The molecule has 0 radical (unpaired) electrons. The van der Waals surface area contributed by atoms with Crippen LogP contribution in [0, 0.1) is 0 Å². The van der Waals surface area contributed by atoms with Crippen molar-refractivity contribution in [2.75, 3.05) is 7.11 Å². The third-order valence-corrected chi connectivity index (χ3v) is 1.40. The number of Topliss-reactive ketones (excluding diaryl/α,β-unsaturated/α-hetero) is 1. The van der Waals surface area contributed by atoms with Crippen LogP contribution in [0.4, 0.5) is 0 Å². The van der Waals surface area contributed by atoms with Crippen molar-refractivity contribution in [1.29, 1.82) is 0 Å². The molecule has 1 aromatic rings. The second-order valence-corrected chi connectivity index (χ2v) is 2.30. The first-order chi connectivity index (χ1) is 6.13. The summed E-state index contributed by atoms with van der Waals surface area (Å²) in [5, 5.41) is 8.76. The highest BCUT2D eigenvalue weighted by Crippen LogP contribution is 2.05. The van der Waals surface area contributed by atoms with E-state index >= 15 is 0 Å². The smallest absolute Gasteiger partial charge is 0.313 e. The Balaban J connectivity index is 2.64. The number of hydrogen-bond donors (Lipinski definition) is 2.